The molecule has 0 saturated carbocycles. The second-order valence-corrected chi connectivity index (χ2v) is 5.99. The number of alkyl halides is 6. The summed E-state index contributed by atoms with van der Waals surface area (Å²) in [5.74, 6) is 0. The van der Waals surface area contributed by atoms with E-state index in [4.69, 9.17) is 0 Å². The predicted molar refractivity (Wildman–Crippen MR) is 80.0 cm³/mol. The van der Waals surface area contributed by atoms with Gasteiger partial charge in [0.05, 0.1) is 13.1 Å². The first-order chi connectivity index (χ1) is 11.2. The zero-order chi connectivity index (χ0) is 18.1. The third-order valence-corrected chi connectivity index (χ3v) is 3.67. The third-order valence-electron chi connectivity index (χ3n) is 3.67. The van der Waals surface area contributed by atoms with Gasteiger partial charge in [0.15, 0.2) is 0 Å². The van der Waals surface area contributed by atoms with E-state index in [0.717, 1.165) is 0 Å². The van der Waals surface area contributed by atoms with Crippen LogP contribution in [0, 0.1) is 0 Å². The Morgan fingerprint density at radius 3 is 1.29 bits per heavy atom. The van der Waals surface area contributed by atoms with Gasteiger partial charge in [-0.15, -0.1) is 0 Å². The van der Waals surface area contributed by atoms with Crippen molar-refractivity contribution in [2.45, 2.75) is 25.2 Å². The zero-order valence-electron chi connectivity index (χ0n) is 13.6. The van der Waals surface area contributed by atoms with Crippen LogP contribution in [0.5, 0.6) is 0 Å². The third kappa shape index (κ3) is 11.9. The van der Waals surface area contributed by atoms with E-state index in [1.807, 2.05) is 0 Å². The van der Waals surface area contributed by atoms with Crippen LogP contribution in [0.15, 0.2) is 0 Å². The molecule has 24 heavy (non-hydrogen) atoms. The Morgan fingerprint density at radius 2 is 0.958 bits per heavy atom. The van der Waals surface area contributed by atoms with Crippen molar-refractivity contribution in [1.82, 2.24) is 20.4 Å². The molecule has 1 aliphatic heterocycles. The Hall–Kier alpha value is -0.580. The van der Waals surface area contributed by atoms with Crippen molar-refractivity contribution in [2.24, 2.45) is 0 Å². The fourth-order valence-corrected chi connectivity index (χ4v) is 2.63. The van der Waals surface area contributed by atoms with Gasteiger partial charge in [-0.3, -0.25) is 9.80 Å². The number of hydrogen-bond acceptors (Lipinski definition) is 4. The minimum Gasteiger partial charge on any atom is -0.315 e. The smallest absolute Gasteiger partial charge is 0.315 e. The first kappa shape index (κ1) is 21.5. The summed E-state index contributed by atoms with van der Waals surface area (Å²) in [6.07, 6.45) is -7.40. The largest absolute Gasteiger partial charge is 0.401 e. The van der Waals surface area contributed by atoms with Crippen molar-refractivity contribution in [3.8, 4) is 0 Å². The van der Waals surface area contributed by atoms with Gasteiger partial charge < -0.3 is 10.6 Å². The van der Waals surface area contributed by atoms with E-state index in [0.29, 0.717) is 52.1 Å². The van der Waals surface area contributed by atoms with E-state index in [1.54, 1.807) is 0 Å². The molecule has 0 aromatic heterocycles. The molecule has 2 N–H and O–H groups in total. The van der Waals surface area contributed by atoms with Gasteiger partial charge in [0.25, 0.3) is 0 Å². The zero-order valence-corrected chi connectivity index (χ0v) is 13.6. The van der Waals surface area contributed by atoms with E-state index < -0.39 is 25.4 Å². The van der Waals surface area contributed by atoms with Crippen molar-refractivity contribution in [3.05, 3.63) is 0 Å². The quantitative estimate of drug-likeness (QED) is 0.730. The van der Waals surface area contributed by atoms with Gasteiger partial charge in [-0.1, -0.05) is 0 Å². The molecule has 0 spiro atoms. The normalized spacial score (nSPS) is 22.2. The highest BCUT2D eigenvalue weighted by Gasteiger charge is 2.31. The molecule has 1 heterocycles. The molecule has 0 amide bonds. The average molecular weight is 364 g/mol. The Bertz CT molecular complexity index is 286. The van der Waals surface area contributed by atoms with Gasteiger partial charge in [-0.2, -0.15) is 26.3 Å². The molecule has 10 heteroatoms. The van der Waals surface area contributed by atoms with Gasteiger partial charge >= 0.3 is 12.4 Å². The number of rotatable bonds is 2. The molecular weight excluding hydrogens is 338 g/mol. The SMILES string of the molecule is FC(F)(F)CN1CCCNCCN(CC(F)(F)F)CCCNCC1. The van der Waals surface area contributed by atoms with Crippen LogP contribution < -0.4 is 10.6 Å². The van der Waals surface area contributed by atoms with Crippen LogP contribution in [0.1, 0.15) is 12.8 Å². The monoisotopic (exact) mass is 364 g/mol. The van der Waals surface area contributed by atoms with Crippen molar-refractivity contribution in [2.75, 3.05) is 65.4 Å². The van der Waals surface area contributed by atoms with E-state index in [-0.39, 0.29) is 13.1 Å². The standard InChI is InChI=1S/C14H26F6N4/c15-13(16,17)11-23-7-1-3-21-5-10-24(12-14(18,19)20)8-2-4-22-6-9-23/h21-22H,1-12H2. The number of hydrogen-bond donors (Lipinski definition) is 2. The van der Waals surface area contributed by atoms with Gasteiger partial charge in [0.2, 0.25) is 0 Å². The van der Waals surface area contributed by atoms with E-state index in [1.165, 1.54) is 9.80 Å². The lowest BCUT2D eigenvalue weighted by atomic mass is 10.3. The summed E-state index contributed by atoms with van der Waals surface area (Å²) in [7, 11) is 0. The maximum atomic E-state index is 12.5. The molecule has 1 saturated heterocycles. The minimum absolute atomic E-state index is 0.270. The fraction of sp³-hybridized carbons (Fsp3) is 1.00. The summed E-state index contributed by atoms with van der Waals surface area (Å²) < 4.78 is 75.1. The maximum Gasteiger partial charge on any atom is 0.401 e. The molecule has 0 atom stereocenters. The lowest BCUT2D eigenvalue weighted by Gasteiger charge is -2.26. The first-order valence-electron chi connectivity index (χ1n) is 8.15. The van der Waals surface area contributed by atoms with Crippen molar-refractivity contribution >= 4 is 0 Å². The van der Waals surface area contributed by atoms with Crippen LogP contribution >= 0.6 is 0 Å². The summed E-state index contributed by atoms with van der Waals surface area (Å²) in [5.41, 5.74) is 0. The van der Waals surface area contributed by atoms with Crippen LogP contribution in [-0.2, 0) is 0 Å². The van der Waals surface area contributed by atoms with Crippen molar-refractivity contribution in [1.29, 1.82) is 0 Å². The summed E-state index contributed by atoms with van der Waals surface area (Å²) in [6, 6.07) is 0. The molecule has 4 nitrogen and oxygen atoms in total. The number of nitrogens with zero attached hydrogens (tertiary/aromatic N) is 2. The molecule has 0 radical (unpaired) electrons. The molecule has 1 aliphatic rings. The second-order valence-electron chi connectivity index (χ2n) is 5.99. The lowest BCUT2D eigenvalue weighted by Crippen LogP contribution is -2.43. The van der Waals surface area contributed by atoms with Crippen molar-refractivity contribution < 1.29 is 26.3 Å². The first-order valence-corrected chi connectivity index (χ1v) is 8.15. The summed E-state index contributed by atoms with van der Waals surface area (Å²) in [6.45, 7) is 1.04. The molecule has 0 bridgehead atoms. The van der Waals surface area contributed by atoms with Crippen LogP contribution in [0.2, 0.25) is 0 Å². The van der Waals surface area contributed by atoms with E-state index >= 15 is 0 Å². The van der Waals surface area contributed by atoms with E-state index in [2.05, 4.69) is 10.6 Å². The Kier molecular flexibility index (Phi) is 9.32. The molecule has 1 rings (SSSR count). The molecule has 0 aromatic carbocycles. The highest BCUT2D eigenvalue weighted by molar-refractivity contribution is 4.69. The van der Waals surface area contributed by atoms with Crippen LogP contribution in [0.4, 0.5) is 26.3 Å². The fourth-order valence-electron chi connectivity index (χ4n) is 2.63. The summed E-state index contributed by atoms with van der Waals surface area (Å²) in [5, 5.41) is 6.01. The van der Waals surface area contributed by atoms with Crippen molar-refractivity contribution in [3.63, 3.8) is 0 Å². The second kappa shape index (κ2) is 10.4. The molecule has 0 aromatic rings. The topological polar surface area (TPSA) is 30.5 Å². The van der Waals surface area contributed by atoms with Gasteiger partial charge in [0, 0.05) is 26.2 Å². The Labute approximate surface area is 138 Å². The lowest BCUT2D eigenvalue weighted by molar-refractivity contribution is -0.147. The van der Waals surface area contributed by atoms with E-state index in [9.17, 15) is 26.3 Å². The maximum absolute atomic E-state index is 12.5. The Balaban J connectivity index is 2.43. The number of nitrogens with one attached hydrogen (secondary N) is 2. The minimum atomic E-state index is -4.23. The average Bonchev–Trinajstić information content (AvgIpc) is 2.41. The molecule has 144 valence electrons. The van der Waals surface area contributed by atoms with Gasteiger partial charge in [-0.25, -0.2) is 0 Å². The van der Waals surface area contributed by atoms with Crippen LogP contribution in [-0.4, -0.2) is 87.6 Å². The van der Waals surface area contributed by atoms with Gasteiger partial charge in [-0.05, 0) is 39.0 Å². The van der Waals surface area contributed by atoms with Crippen LogP contribution in [0.25, 0.3) is 0 Å². The Morgan fingerprint density at radius 1 is 0.583 bits per heavy atom. The predicted octanol–water partition coefficient (Wildman–Crippen LogP) is 1.69. The molecular formula is C14H26F6N4. The number of halogens is 6. The summed E-state index contributed by atoms with van der Waals surface area (Å²) in [4.78, 5) is 2.72. The van der Waals surface area contributed by atoms with Gasteiger partial charge in [0.1, 0.15) is 0 Å². The molecule has 0 unspecified atom stereocenters. The molecule has 1 fully saturated rings. The molecule has 0 aliphatic carbocycles. The highest BCUT2D eigenvalue weighted by Crippen LogP contribution is 2.17. The van der Waals surface area contributed by atoms with Crippen LogP contribution in [0.3, 0.4) is 0 Å². The summed E-state index contributed by atoms with van der Waals surface area (Å²) >= 11 is 0. The highest BCUT2D eigenvalue weighted by atomic mass is 19.4.